The van der Waals surface area contributed by atoms with E-state index in [1.54, 1.807) is 0 Å². The molecule has 0 unspecified atom stereocenters. The van der Waals surface area contributed by atoms with Crippen LogP contribution >= 0.6 is 0 Å². The fraction of sp³-hybridized carbons (Fsp3) is 0.455. The van der Waals surface area contributed by atoms with Gasteiger partial charge in [-0.3, -0.25) is 9.59 Å². The molecule has 1 N–H and O–H groups in total. The minimum absolute atomic E-state index is 0.149. The second kappa shape index (κ2) is 5.44. The summed E-state index contributed by atoms with van der Waals surface area (Å²) in [5, 5.41) is 2.66. The molecule has 1 aromatic heterocycles. The van der Waals surface area contributed by atoms with Crippen molar-refractivity contribution in [3.8, 4) is 0 Å². The van der Waals surface area contributed by atoms with Gasteiger partial charge in [0.25, 0.3) is 5.56 Å². The maximum atomic E-state index is 12.8. The molecule has 88 valence electrons. The van der Waals surface area contributed by atoms with Crippen LogP contribution in [0.5, 0.6) is 0 Å². The predicted molar refractivity (Wildman–Crippen MR) is 58.5 cm³/mol. The molecular formula is C11H15FN2O2. The van der Waals surface area contributed by atoms with Gasteiger partial charge in [0.2, 0.25) is 5.91 Å². The van der Waals surface area contributed by atoms with E-state index in [4.69, 9.17) is 0 Å². The fourth-order valence-corrected chi connectivity index (χ4v) is 1.15. The predicted octanol–water partition coefficient (Wildman–Crippen LogP) is 0.760. The molecule has 1 heterocycles. The van der Waals surface area contributed by atoms with Gasteiger partial charge >= 0.3 is 0 Å². The van der Waals surface area contributed by atoms with E-state index >= 15 is 0 Å². The van der Waals surface area contributed by atoms with Gasteiger partial charge in [0.05, 0.1) is 0 Å². The zero-order chi connectivity index (χ0) is 12.1. The van der Waals surface area contributed by atoms with Gasteiger partial charge in [0.15, 0.2) is 0 Å². The highest BCUT2D eigenvalue weighted by atomic mass is 19.1. The van der Waals surface area contributed by atoms with Crippen LogP contribution in [0.4, 0.5) is 4.39 Å². The summed E-state index contributed by atoms with van der Waals surface area (Å²) in [5.74, 6) is -0.481. The number of rotatable bonds is 4. The molecule has 0 saturated carbocycles. The summed E-state index contributed by atoms with van der Waals surface area (Å²) in [6, 6.07) is 2.18. The van der Waals surface area contributed by atoms with Crippen molar-refractivity contribution >= 4 is 5.91 Å². The number of carbonyl (C=O) groups excluding carboxylic acids is 1. The number of pyridine rings is 1. The summed E-state index contributed by atoms with van der Waals surface area (Å²) in [7, 11) is 0. The van der Waals surface area contributed by atoms with Gasteiger partial charge in [0.1, 0.15) is 12.4 Å². The summed E-state index contributed by atoms with van der Waals surface area (Å²) >= 11 is 0. The highest BCUT2D eigenvalue weighted by Gasteiger charge is 2.05. The van der Waals surface area contributed by atoms with Crippen molar-refractivity contribution in [2.24, 2.45) is 5.92 Å². The minimum Gasteiger partial charge on any atom is -0.354 e. The summed E-state index contributed by atoms with van der Waals surface area (Å²) in [5.41, 5.74) is -0.388. The van der Waals surface area contributed by atoms with Gasteiger partial charge in [-0.15, -0.1) is 0 Å². The molecule has 0 radical (unpaired) electrons. The van der Waals surface area contributed by atoms with Crippen molar-refractivity contribution < 1.29 is 9.18 Å². The molecule has 0 aliphatic carbocycles. The molecule has 0 saturated heterocycles. The monoisotopic (exact) mass is 226 g/mol. The van der Waals surface area contributed by atoms with Crippen LogP contribution in [0.1, 0.15) is 13.8 Å². The third kappa shape index (κ3) is 3.84. The third-order valence-corrected chi connectivity index (χ3v) is 1.97. The number of nitrogens with zero attached hydrogens (tertiary/aromatic N) is 1. The lowest BCUT2D eigenvalue weighted by molar-refractivity contribution is -0.121. The Bertz CT molecular complexity index is 426. The molecule has 1 amide bonds. The fourth-order valence-electron chi connectivity index (χ4n) is 1.15. The first kappa shape index (κ1) is 12.4. The van der Waals surface area contributed by atoms with Crippen LogP contribution in [0.25, 0.3) is 0 Å². The van der Waals surface area contributed by atoms with Crippen LogP contribution in [0, 0.1) is 11.7 Å². The second-order valence-electron chi connectivity index (χ2n) is 4.01. The van der Waals surface area contributed by atoms with Gasteiger partial charge in [-0.05, 0) is 12.0 Å². The first-order chi connectivity index (χ1) is 7.49. The van der Waals surface area contributed by atoms with Crippen molar-refractivity contribution in [2.75, 3.05) is 6.54 Å². The molecule has 0 fully saturated rings. The Kier molecular flexibility index (Phi) is 4.22. The third-order valence-electron chi connectivity index (χ3n) is 1.97. The smallest absolute Gasteiger partial charge is 0.251 e. The average molecular weight is 226 g/mol. The van der Waals surface area contributed by atoms with E-state index in [0.717, 1.165) is 22.9 Å². The van der Waals surface area contributed by atoms with E-state index in [1.807, 2.05) is 13.8 Å². The number of aromatic nitrogens is 1. The van der Waals surface area contributed by atoms with Crippen LogP contribution in [0.3, 0.4) is 0 Å². The Morgan fingerprint density at radius 2 is 2.19 bits per heavy atom. The molecule has 16 heavy (non-hydrogen) atoms. The molecule has 1 aromatic rings. The molecule has 4 nitrogen and oxygen atoms in total. The second-order valence-corrected chi connectivity index (χ2v) is 4.01. The molecule has 0 aliphatic heterocycles. The molecule has 0 bridgehead atoms. The highest BCUT2D eigenvalue weighted by molar-refractivity contribution is 5.75. The largest absolute Gasteiger partial charge is 0.354 e. The Labute approximate surface area is 93.1 Å². The Hall–Kier alpha value is -1.65. The molecule has 0 spiro atoms. The lowest BCUT2D eigenvalue weighted by Gasteiger charge is -2.08. The maximum absolute atomic E-state index is 12.8. The zero-order valence-corrected chi connectivity index (χ0v) is 9.37. The van der Waals surface area contributed by atoms with Crippen molar-refractivity contribution in [3.05, 3.63) is 34.5 Å². The van der Waals surface area contributed by atoms with Crippen LogP contribution in [0.2, 0.25) is 0 Å². The van der Waals surface area contributed by atoms with Gasteiger partial charge < -0.3 is 9.88 Å². The normalized spacial score (nSPS) is 10.5. The maximum Gasteiger partial charge on any atom is 0.251 e. The molecule has 0 aliphatic rings. The first-order valence-corrected chi connectivity index (χ1v) is 5.11. The van der Waals surface area contributed by atoms with Crippen LogP contribution in [0.15, 0.2) is 23.1 Å². The van der Waals surface area contributed by atoms with Crippen LogP contribution < -0.4 is 10.9 Å². The van der Waals surface area contributed by atoms with E-state index in [9.17, 15) is 14.0 Å². The van der Waals surface area contributed by atoms with Gasteiger partial charge in [-0.2, -0.15) is 0 Å². The lowest BCUT2D eigenvalue weighted by Crippen LogP contribution is -2.33. The van der Waals surface area contributed by atoms with E-state index in [1.165, 1.54) is 0 Å². The van der Waals surface area contributed by atoms with E-state index in [-0.39, 0.29) is 18.0 Å². The summed E-state index contributed by atoms with van der Waals surface area (Å²) in [4.78, 5) is 22.6. The van der Waals surface area contributed by atoms with Gasteiger partial charge in [-0.1, -0.05) is 13.8 Å². The molecule has 1 rings (SSSR count). The average Bonchev–Trinajstić information content (AvgIpc) is 2.20. The van der Waals surface area contributed by atoms with Crippen LogP contribution in [-0.4, -0.2) is 17.0 Å². The zero-order valence-electron chi connectivity index (χ0n) is 9.37. The highest BCUT2D eigenvalue weighted by Crippen LogP contribution is 1.92. The molecule has 0 aromatic carbocycles. The summed E-state index contributed by atoms with van der Waals surface area (Å²) in [6.45, 7) is 4.33. The van der Waals surface area contributed by atoms with Gasteiger partial charge in [-0.25, -0.2) is 4.39 Å². The number of carbonyl (C=O) groups is 1. The van der Waals surface area contributed by atoms with Crippen molar-refractivity contribution in [2.45, 2.75) is 20.4 Å². The Balaban J connectivity index is 2.62. The SMILES string of the molecule is CC(C)CNC(=O)Cn1cc(F)ccc1=O. The Morgan fingerprint density at radius 1 is 1.50 bits per heavy atom. The summed E-state index contributed by atoms with van der Waals surface area (Å²) < 4.78 is 13.9. The quantitative estimate of drug-likeness (QED) is 0.824. The first-order valence-electron chi connectivity index (χ1n) is 5.11. The Morgan fingerprint density at radius 3 is 2.81 bits per heavy atom. The molecule has 0 atom stereocenters. The van der Waals surface area contributed by atoms with E-state index < -0.39 is 5.82 Å². The van der Waals surface area contributed by atoms with E-state index in [0.29, 0.717) is 12.5 Å². The number of amides is 1. The number of nitrogens with one attached hydrogen (secondary N) is 1. The van der Waals surface area contributed by atoms with Crippen LogP contribution in [-0.2, 0) is 11.3 Å². The van der Waals surface area contributed by atoms with Gasteiger partial charge in [0, 0.05) is 18.8 Å². The number of hydrogen-bond donors (Lipinski definition) is 1. The topological polar surface area (TPSA) is 51.1 Å². The minimum atomic E-state index is -0.531. The lowest BCUT2D eigenvalue weighted by atomic mass is 10.2. The standard InChI is InChI=1S/C11H15FN2O2/c1-8(2)5-13-10(15)7-14-6-9(12)3-4-11(14)16/h3-4,6,8H,5,7H2,1-2H3,(H,13,15). The van der Waals surface area contributed by atoms with Crippen molar-refractivity contribution in [1.29, 1.82) is 0 Å². The summed E-state index contributed by atoms with van der Waals surface area (Å²) in [6.07, 6.45) is 1.03. The number of halogens is 1. The molecular weight excluding hydrogens is 211 g/mol. The van der Waals surface area contributed by atoms with Crippen molar-refractivity contribution in [1.82, 2.24) is 9.88 Å². The van der Waals surface area contributed by atoms with Crippen molar-refractivity contribution in [3.63, 3.8) is 0 Å². The molecule has 5 heteroatoms. The number of hydrogen-bond acceptors (Lipinski definition) is 2. The van der Waals surface area contributed by atoms with E-state index in [2.05, 4.69) is 5.32 Å².